The smallest absolute Gasteiger partial charge is 0.309 e. The van der Waals surface area contributed by atoms with Crippen LogP contribution in [0.5, 0.6) is 0 Å². The van der Waals surface area contributed by atoms with Gasteiger partial charge in [-0.3, -0.25) is 9.59 Å². The highest BCUT2D eigenvalue weighted by Gasteiger charge is 2.42. The van der Waals surface area contributed by atoms with E-state index in [4.69, 9.17) is 9.47 Å². The number of carbonyl (C=O) groups excluding carboxylic acids is 2. The van der Waals surface area contributed by atoms with E-state index < -0.39 is 0 Å². The van der Waals surface area contributed by atoms with Crippen molar-refractivity contribution in [2.45, 2.75) is 63.6 Å². The average Bonchev–Trinajstić information content (AvgIpc) is 3.18. The van der Waals surface area contributed by atoms with Crippen molar-refractivity contribution in [1.29, 1.82) is 0 Å². The maximum absolute atomic E-state index is 13.1. The van der Waals surface area contributed by atoms with Gasteiger partial charge in [-0.1, -0.05) is 31.4 Å². The van der Waals surface area contributed by atoms with Crippen molar-refractivity contribution >= 4 is 38.9 Å². The van der Waals surface area contributed by atoms with E-state index in [1.54, 1.807) is 6.26 Å². The number of allylic oxidation sites excluding steroid dienone is 1. The fraction of sp³-hybridized carbons (Fsp3) is 0.522. The van der Waals surface area contributed by atoms with Gasteiger partial charge >= 0.3 is 5.97 Å². The molecule has 152 valence electrons. The molecule has 29 heavy (non-hydrogen) atoms. The van der Waals surface area contributed by atoms with Crippen LogP contribution >= 0.6 is 11.3 Å². The van der Waals surface area contributed by atoms with Gasteiger partial charge in [0.05, 0.1) is 33.9 Å². The molecule has 3 atom stereocenters. The minimum atomic E-state index is -0.210. The van der Waals surface area contributed by atoms with Crippen molar-refractivity contribution < 1.29 is 19.1 Å². The normalized spacial score (nSPS) is 27.8. The number of fused-ring (bicyclic) bond motifs is 2. The molecule has 2 aromatic rings. The summed E-state index contributed by atoms with van der Waals surface area (Å²) >= 11 is 1.52. The van der Waals surface area contributed by atoms with Crippen LogP contribution in [-0.4, -0.2) is 28.9 Å². The summed E-state index contributed by atoms with van der Waals surface area (Å²) < 4.78 is 12.8. The van der Waals surface area contributed by atoms with Gasteiger partial charge in [-0.05, 0) is 37.8 Å². The highest BCUT2D eigenvalue weighted by atomic mass is 32.1. The Bertz CT molecular complexity index is 926. The molecule has 2 heterocycles. The number of ketones is 1. The molecular weight excluding hydrogens is 386 g/mol. The van der Waals surface area contributed by atoms with E-state index >= 15 is 0 Å². The Labute approximate surface area is 174 Å². The Hall–Kier alpha value is -2.21. The van der Waals surface area contributed by atoms with Crippen LogP contribution < -0.4 is 0 Å². The molecule has 5 nitrogen and oxygen atoms in total. The van der Waals surface area contributed by atoms with E-state index in [1.165, 1.54) is 17.8 Å². The summed E-state index contributed by atoms with van der Waals surface area (Å²) in [5, 5.41) is 0.723. The lowest BCUT2D eigenvalue weighted by Crippen LogP contribution is -2.42. The number of esters is 1. The van der Waals surface area contributed by atoms with E-state index in [0.717, 1.165) is 47.3 Å². The zero-order chi connectivity index (χ0) is 19.8. The molecule has 0 spiro atoms. The molecular formula is C23H25NO4S. The number of hydrogen-bond donors (Lipinski definition) is 0. The molecule has 2 saturated carbocycles. The average molecular weight is 412 g/mol. The number of benzene rings is 1. The first-order valence-corrected chi connectivity index (χ1v) is 11.5. The number of Topliss-reactive ketones (excluding diaryl/α,β-unsaturated/α-hetero) is 1. The molecule has 2 fully saturated rings. The fourth-order valence-corrected chi connectivity index (χ4v) is 5.78. The van der Waals surface area contributed by atoms with Gasteiger partial charge in [0.2, 0.25) is 0 Å². The molecule has 3 aliphatic rings. The van der Waals surface area contributed by atoms with Gasteiger partial charge < -0.3 is 9.47 Å². The topological polar surface area (TPSA) is 65.5 Å². The summed E-state index contributed by atoms with van der Waals surface area (Å²) in [5.74, 6) is -0.0640. The minimum Gasteiger partial charge on any atom is -0.496 e. The first-order chi connectivity index (χ1) is 14.2. The fourth-order valence-electron chi connectivity index (χ4n) is 4.81. The number of para-hydroxylation sites is 1. The molecule has 1 aromatic heterocycles. The summed E-state index contributed by atoms with van der Waals surface area (Å²) in [6.45, 7) is 0. The maximum Gasteiger partial charge on any atom is 0.309 e. The first-order valence-electron chi connectivity index (χ1n) is 10.7. The Morgan fingerprint density at radius 1 is 1.10 bits per heavy atom. The van der Waals surface area contributed by atoms with Gasteiger partial charge in [-0.15, -0.1) is 11.3 Å². The Kier molecular flexibility index (Phi) is 5.12. The van der Waals surface area contributed by atoms with E-state index in [0.29, 0.717) is 18.4 Å². The second-order valence-corrected chi connectivity index (χ2v) is 9.40. The van der Waals surface area contributed by atoms with E-state index in [9.17, 15) is 9.59 Å². The zero-order valence-electron chi connectivity index (χ0n) is 16.3. The summed E-state index contributed by atoms with van der Waals surface area (Å²) in [7, 11) is 0. The van der Waals surface area contributed by atoms with Crippen molar-refractivity contribution in [1.82, 2.24) is 4.98 Å². The number of ether oxygens (including phenoxy) is 2. The lowest BCUT2D eigenvalue weighted by Gasteiger charge is -2.37. The summed E-state index contributed by atoms with van der Waals surface area (Å²) in [5.41, 5.74) is 1.48. The summed E-state index contributed by atoms with van der Waals surface area (Å²) in [6.07, 6.45) is 8.58. The summed E-state index contributed by atoms with van der Waals surface area (Å²) in [6, 6.07) is 7.90. The van der Waals surface area contributed by atoms with E-state index in [2.05, 4.69) is 4.98 Å². The van der Waals surface area contributed by atoms with Crippen LogP contribution in [0.25, 0.3) is 15.8 Å². The largest absolute Gasteiger partial charge is 0.496 e. The molecule has 5 rings (SSSR count). The number of hydrogen-bond acceptors (Lipinski definition) is 6. The molecule has 1 aromatic carbocycles. The third-order valence-electron chi connectivity index (χ3n) is 6.45. The molecule has 0 saturated heterocycles. The van der Waals surface area contributed by atoms with Crippen LogP contribution in [0.1, 0.15) is 56.4 Å². The predicted molar refractivity (Wildman–Crippen MR) is 111 cm³/mol. The first kappa shape index (κ1) is 18.8. The van der Waals surface area contributed by atoms with Crippen LogP contribution in [0.4, 0.5) is 0 Å². The molecule has 0 amide bonds. The quantitative estimate of drug-likeness (QED) is 0.672. The SMILES string of the molecule is O=C(OC1CCC2C(=O)C(c3nc4ccccc4s3)=COC2C1)C1CCCCC1. The van der Waals surface area contributed by atoms with Gasteiger partial charge in [0.15, 0.2) is 5.78 Å². The molecule has 0 bridgehead atoms. The molecule has 1 aliphatic heterocycles. The van der Waals surface area contributed by atoms with E-state index in [-0.39, 0.29) is 35.8 Å². The van der Waals surface area contributed by atoms with Crippen LogP contribution in [0, 0.1) is 11.8 Å². The third-order valence-corrected chi connectivity index (χ3v) is 7.52. The van der Waals surface area contributed by atoms with Crippen molar-refractivity contribution in [2.24, 2.45) is 11.8 Å². The summed E-state index contributed by atoms with van der Waals surface area (Å²) in [4.78, 5) is 30.2. The zero-order valence-corrected chi connectivity index (χ0v) is 17.2. The van der Waals surface area contributed by atoms with Crippen LogP contribution in [0.2, 0.25) is 0 Å². The van der Waals surface area contributed by atoms with Crippen LogP contribution in [0.3, 0.4) is 0 Å². The standard InChI is InChI=1S/C23H25NO4S/c25-21-16-11-10-15(28-23(26)14-6-2-1-3-7-14)12-19(16)27-13-17(21)22-24-18-8-4-5-9-20(18)29-22/h4-5,8-9,13-16,19H,1-3,6-7,10-12H2. The van der Waals surface area contributed by atoms with Gasteiger partial charge in [0, 0.05) is 6.42 Å². The van der Waals surface area contributed by atoms with Crippen molar-refractivity contribution in [3.8, 4) is 0 Å². The Morgan fingerprint density at radius 3 is 2.76 bits per heavy atom. The number of thiazole rings is 1. The maximum atomic E-state index is 13.1. The van der Waals surface area contributed by atoms with Crippen molar-refractivity contribution in [3.63, 3.8) is 0 Å². The van der Waals surface area contributed by atoms with Gasteiger partial charge in [-0.25, -0.2) is 4.98 Å². The lowest BCUT2D eigenvalue weighted by molar-refractivity contribution is -0.160. The van der Waals surface area contributed by atoms with Crippen molar-refractivity contribution in [3.05, 3.63) is 35.5 Å². The Balaban J connectivity index is 1.26. The lowest BCUT2D eigenvalue weighted by atomic mass is 9.79. The third kappa shape index (κ3) is 3.70. The molecule has 6 heteroatoms. The Morgan fingerprint density at radius 2 is 1.93 bits per heavy atom. The number of rotatable bonds is 3. The van der Waals surface area contributed by atoms with Crippen LogP contribution in [-0.2, 0) is 19.1 Å². The van der Waals surface area contributed by atoms with E-state index in [1.807, 2.05) is 24.3 Å². The molecule has 3 unspecified atom stereocenters. The molecule has 0 N–H and O–H groups in total. The second kappa shape index (κ2) is 7.90. The van der Waals surface area contributed by atoms with Crippen LogP contribution in [0.15, 0.2) is 30.5 Å². The van der Waals surface area contributed by atoms with Crippen molar-refractivity contribution in [2.75, 3.05) is 0 Å². The highest BCUT2D eigenvalue weighted by molar-refractivity contribution is 7.19. The van der Waals surface area contributed by atoms with Gasteiger partial charge in [0.1, 0.15) is 17.2 Å². The molecule has 0 radical (unpaired) electrons. The predicted octanol–water partition coefficient (Wildman–Crippen LogP) is 4.90. The second-order valence-electron chi connectivity index (χ2n) is 8.37. The van der Waals surface area contributed by atoms with Gasteiger partial charge in [0.25, 0.3) is 0 Å². The molecule has 2 aliphatic carbocycles. The van der Waals surface area contributed by atoms with Gasteiger partial charge in [-0.2, -0.15) is 0 Å². The number of aromatic nitrogens is 1. The number of nitrogens with zero attached hydrogens (tertiary/aromatic N) is 1. The number of carbonyl (C=O) groups is 2. The highest BCUT2D eigenvalue weighted by Crippen LogP contribution is 2.39. The monoisotopic (exact) mass is 411 g/mol. The minimum absolute atomic E-state index is 0.0546.